The molecule has 0 radical (unpaired) electrons. The quantitative estimate of drug-likeness (QED) is 0.313. The summed E-state index contributed by atoms with van der Waals surface area (Å²) in [7, 11) is 0. The number of azide groups is 1. The lowest BCUT2D eigenvalue weighted by Crippen LogP contribution is -2.38. The SMILES string of the molecule is CC1OCC1CN=[N+]=[N-]. The monoisotopic (exact) mass is 127 g/mol. The Morgan fingerprint density at radius 1 is 1.89 bits per heavy atom. The van der Waals surface area contributed by atoms with Crippen molar-refractivity contribution in [1.82, 2.24) is 0 Å². The minimum atomic E-state index is 0.287. The number of nitrogens with zero attached hydrogens (tertiary/aromatic N) is 3. The molecule has 1 fully saturated rings. The molecule has 4 heteroatoms. The first-order valence-electron chi connectivity index (χ1n) is 2.97. The molecule has 0 aromatic rings. The first-order valence-corrected chi connectivity index (χ1v) is 2.97. The number of hydrogen-bond acceptors (Lipinski definition) is 2. The lowest BCUT2D eigenvalue weighted by Gasteiger charge is -2.32. The molecule has 50 valence electrons. The summed E-state index contributed by atoms with van der Waals surface area (Å²) in [5, 5.41) is 3.44. The van der Waals surface area contributed by atoms with Crippen LogP contribution >= 0.6 is 0 Å². The fourth-order valence-corrected chi connectivity index (χ4v) is 0.767. The molecule has 1 rings (SSSR count). The van der Waals surface area contributed by atoms with Crippen LogP contribution in [-0.4, -0.2) is 19.3 Å². The maximum atomic E-state index is 7.94. The number of rotatable bonds is 2. The van der Waals surface area contributed by atoms with Crippen LogP contribution in [-0.2, 0) is 4.74 Å². The first-order chi connectivity index (χ1) is 4.34. The highest BCUT2D eigenvalue weighted by Gasteiger charge is 2.26. The predicted molar refractivity (Wildman–Crippen MR) is 32.9 cm³/mol. The summed E-state index contributed by atoms with van der Waals surface area (Å²) in [4.78, 5) is 2.66. The van der Waals surface area contributed by atoms with Crippen molar-refractivity contribution in [2.24, 2.45) is 11.0 Å². The lowest BCUT2D eigenvalue weighted by molar-refractivity contribution is -0.0976. The summed E-state index contributed by atoms with van der Waals surface area (Å²) in [6, 6.07) is 0. The summed E-state index contributed by atoms with van der Waals surface area (Å²) < 4.78 is 5.06. The Morgan fingerprint density at radius 3 is 3.00 bits per heavy atom. The summed E-state index contributed by atoms with van der Waals surface area (Å²) in [5.74, 6) is 0.459. The second-order valence-corrected chi connectivity index (χ2v) is 2.21. The third-order valence-corrected chi connectivity index (χ3v) is 1.62. The lowest BCUT2D eigenvalue weighted by atomic mass is 10.0. The second kappa shape index (κ2) is 2.71. The zero-order valence-electron chi connectivity index (χ0n) is 5.32. The van der Waals surface area contributed by atoms with E-state index >= 15 is 0 Å². The molecular formula is C5H9N3O. The highest BCUT2D eigenvalue weighted by atomic mass is 16.5. The van der Waals surface area contributed by atoms with Gasteiger partial charge in [0.15, 0.2) is 0 Å². The molecule has 1 aliphatic heterocycles. The molecule has 0 saturated carbocycles. The predicted octanol–water partition coefficient (Wildman–Crippen LogP) is 1.33. The van der Waals surface area contributed by atoms with Gasteiger partial charge in [0.25, 0.3) is 0 Å². The minimum Gasteiger partial charge on any atom is -0.378 e. The Bertz CT molecular complexity index is 141. The molecule has 0 amide bonds. The standard InChI is InChI=1S/C5H9N3O/c1-4-5(3-9-4)2-7-8-6/h4-5H,2-3H2,1H3. The van der Waals surface area contributed by atoms with E-state index in [1.165, 1.54) is 0 Å². The van der Waals surface area contributed by atoms with E-state index in [4.69, 9.17) is 10.3 Å². The van der Waals surface area contributed by atoms with Crippen LogP contribution in [0.5, 0.6) is 0 Å². The third-order valence-electron chi connectivity index (χ3n) is 1.62. The largest absolute Gasteiger partial charge is 0.378 e. The van der Waals surface area contributed by atoms with Crippen LogP contribution in [0, 0.1) is 5.92 Å². The van der Waals surface area contributed by atoms with Crippen LogP contribution in [0.2, 0.25) is 0 Å². The molecule has 0 bridgehead atoms. The molecule has 9 heavy (non-hydrogen) atoms. The van der Waals surface area contributed by atoms with Gasteiger partial charge in [0, 0.05) is 17.4 Å². The molecule has 2 atom stereocenters. The van der Waals surface area contributed by atoms with E-state index in [2.05, 4.69) is 10.0 Å². The van der Waals surface area contributed by atoms with Crippen LogP contribution in [0.4, 0.5) is 0 Å². The summed E-state index contributed by atoms with van der Waals surface area (Å²) in [6.07, 6.45) is 0.287. The van der Waals surface area contributed by atoms with E-state index in [-0.39, 0.29) is 6.10 Å². The highest BCUT2D eigenvalue weighted by Crippen LogP contribution is 2.19. The van der Waals surface area contributed by atoms with Gasteiger partial charge in [-0.1, -0.05) is 5.11 Å². The second-order valence-electron chi connectivity index (χ2n) is 2.21. The van der Waals surface area contributed by atoms with Crippen molar-refractivity contribution in [2.75, 3.05) is 13.2 Å². The zero-order chi connectivity index (χ0) is 6.69. The molecular weight excluding hydrogens is 118 g/mol. The highest BCUT2D eigenvalue weighted by molar-refractivity contribution is 4.76. The van der Waals surface area contributed by atoms with Gasteiger partial charge >= 0.3 is 0 Å². The third kappa shape index (κ3) is 1.34. The van der Waals surface area contributed by atoms with E-state index in [0.717, 1.165) is 6.61 Å². The molecule has 1 heterocycles. The molecule has 0 aromatic carbocycles. The molecule has 0 N–H and O–H groups in total. The molecule has 0 spiro atoms. The summed E-state index contributed by atoms with van der Waals surface area (Å²) >= 11 is 0. The molecule has 1 saturated heterocycles. The molecule has 0 aromatic heterocycles. The Morgan fingerprint density at radius 2 is 2.67 bits per heavy atom. The van der Waals surface area contributed by atoms with Crippen molar-refractivity contribution in [3.05, 3.63) is 10.4 Å². The fourth-order valence-electron chi connectivity index (χ4n) is 0.767. The Balaban J connectivity index is 2.20. The van der Waals surface area contributed by atoms with Crippen molar-refractivity contribution < 1.29 is 4.74 Å². The average molecular weight is 127 g/mol. The van der Waals surface area contributed by atoms with Gasteiger partial charge in [-0.15, -0.1) is 0 Å². The van der Waals surface area contributed by atoms with Crippen molar-refractivity contribution in [2.45, 2.75) is 13.0 Å². The van der Waals surface area contributed by atoms with Gasteiger partial charge in [-0.05, 0) is 12.5 Å². The topological polar surface area (TPSA) is 58.0 Å². The van der Waals surface area contributed by atoms with Gasteiger partial charge in [0.2, 0.25) is 0 Å². The van der Waals surface area contributed by atoms with Gasteiger partial charge in [-0.3, -0.25) is 0 Å². The molecule has 2 unspecified atom stereocenters. The zero-order valence-corrected chi connectivity index (χ0v) is 5.32. The minimum absolute atomic E-state index is 0.287. The Labute approximate surface area is 53.4 Å². The van der Waals surface area contributed by atoms with E-state index in [1.54, 1.807) is 0 Å². The molecule has 4 nitrogen and oxygen atoms in total. The van der Waals surface area contributed by atoms with Crippen LogP contribution < -0.4 is 0 Å². The Kier molecular flexibility index (Phi) is 1.92. The van der Waals surface area contributed by atoms with E-state index in [9.17, 15) is 0 Å². The molecule has 1 aliphatic rings. The van der Waals surface area contributed by atoms with Crippen LogP contribution in [0.15, 0.2) is 5.11 Å². The van der Waals surface area contributed by atoms with E-state index in [0.29, 0.717) is 12.5 Å². The van der Waals surface area contributed by atoms with Crippen LogP contribution in [0.25, 0.3) is 10.4 Å². The Hall–Kier alpha value is -0.730. The van der Waals surface area contributed by atoms with Crippen molar-refractivity contribution >= 4 is 0 Å². The number of ether oxygens (including phenoxy) is 1. The summed E-state index contributed by atoms with van der Waals surface area (Å²) in [6.45, 7) is 3.32. The van der Waals surface area contributed by atoms with E-state index in [1.807, 2.05) is 6.92 Å². The maximum absolute atomic E-state index is 7.94. The van der Waals surface area contributed by atoms with Crippen LogP contribution in [0.1, 0.15) is 6.92 Å². The van der Waals surface area contributed by atoms with Gasteiger partial charge in [-0.2, -0.15) is 0 Å². The van der Waals surface area contributed by atoms with Crippen molar-refractivity contribution in [1.29, 1.82) is 0 Å². The smallest absolute Gasteiger partial charge is 0.0598 e. The number of hydrogen-bond donors (Lipinski definition) is 0. The maximum Gasteiger partial charge on any atom is 0.0598 e. The normalized spacial score (nSPS) is 32.6. The first kappa shape index (κ1) is 6.39. The molecule has 0 aliphatic carbocycles. The van der Waals surface area contributed by atoms with Crippen LogP contribution in [0.3, 0.4) is 0 Å². The van der Waals surface area contributed by atoms with Gasteiger partial charge in [-0.25, -0.2) is 0 Å². The van der Waals surface area contributed by atoms with Crippen molar-refractivity contribution in [3.8, 4) is 0 Å². The van der Waals surface area contributed by atoms with Crippen molar-refractivity contribution in [3.63, 3.8) is 0 Å². The fraction of sp³-hybridized carbons (Fsp3) is 1.00. The van der Waals surface area contributed by atoms with Gasteiger partial charge < -0.3 is 4.74 Å². The van der Waals surface area contributed by atoms with Gasteiger partial charge in [0.1, 0.15) is 0 Å². The summed E-state index contributed by atoms with van der Waals surface area (Å²) in [5.41, 5.74) is 7.94. The van der Waals surface area contributed by atoms with Gasteiger partial charge in [0.05, 0.1) is 12.7 Å². The van der Waals surface area contributed by atoms with E-state index < -0.39 is 0 Å². The average Bonchev–Trinajstić information content (AvgIpc) is 1.86.